The molecule has 1 aliphatic rings. The van der Waals surface area contributed by atoms with E-state index in [-0.39, 0.29) is 5.91 Å². The monoisotopic (exact) mass is 422 g/mol. The van der Waals surface area contributed by atoms with Crippen LogP contribution in [0.4, 0.5) is 13.2 Å². The molecule has 154 valence electrons. The molecule has 0 radical (unpaired) electrons. The molecular formula is C20H21F3N4OS. The first kappa shape index (κ1) is 19.9. The maximum absolute atomic E-state index is 12.9. The second kappa shape index (κ2) is 7.46. The fourth-order valence-corrected chi connectivity index (χ4v) is 4.77. The molecule has 0 saturated carbocycles. The van der Waals surface area contributed by atoms with Crippen molar-refractivity contribution in [2.75, 3.05) is 26.2 Å². The zero-order chi connectivity index (χ0) is 20.8. The number of thiophene rings is 1. The minimum Gasteiger partial charge on any atom is -0.335 e. The molecule has 1 aromatic carbocycles. The van der Waals surface area contributed by atoms with Gasteiger partial charge in [0, 0.05) is 45.2 Å². The molecule has 4 rings (SSSR count). The number of hydrogen-bond donors (Lipinski definition) is 0. The number of nitrogens with zero attached hydrogens (tertiary/aromatic N) is 4. The molecule has 5 nitrogen and oxygen atoms in total. The van der Waals surface area contributed by atoms with E-state index < -0.39 is 11.7 Å². The fourth-order valence-electron chi connectivity index (χ4n) is 3.68. The van der Waals surface area contributed by atoms with Crippen LogP contribution < -0.4 is 0 Å². The minimum atomic E-state index is -4.33. The number of piperazine rings is 1. The quantitative estimate of drug-likeness (QED) is 0.643. The van der Waals surface area contributed by atoms with Gasteiger partial charge in [-0.15, -0.1) is 11.3 Å². The normalized spacial score (nSPS) is 16.0. The first-order chi connectivity index (χ1) is 13.7. The highest BCUT2D eigenvalue weighted by Gasteiger charge is 2.30. The van der Waals surface area contributed by atoms with Gasteiger partial charge in [-0.1, -0.05) is 18.2 Å². The summed E-state index contributed by atoms with van der Waals surface area (Å²) in [6.45, 7) is 4.75. The number of halogens is 3. The second-order valence-electron chi connectivity index (χ2n) is 7.30. The number of aromatic nitrogens is 2. The van der Waals surface area contributed by atoms with Gasteiger partial charge in [0.2, 0.25) is 0 Å². The highest BCUT2D eigenvalue weighted by molar-refractivity contribution is 7.20. The third kappa shape index (κ3) is 4.02. The molecular weight excluding hydrogens is 401 g/mol. The molecule has 29 heavy (non-hydrogen) atoms. The van der Waals surface area contributed by atoms with E-state index in [9.17, 15) is 18.0 Å². The largest absolute Gasteiger partial charge is 0.416 e. The number of alkyl halides is 3. The third-order valence-corrected chi connectivity index (χ3v) is 6.42. The molecule has 1 amide bonds. The fraction of sp³-hybridized carbons (Fsp3) is 0.400. The molecule has 1 saturated heterocycles. The van der Waals surface area contributed by atoms with Gasteiger partial charge in [-0.05, 0) is 24.6 Å². The smallest absolute Gasteiger partial charge is 0.335 e. The van der Waals surface area contributed by atoms with E-state index in [1.807, 2.05) is 24.9 Å². The topological polar surface area (TPSA) is 41.4 Å². The van der Waals surface area contributed by atoms with E-state index in [4.69, 9.17) is 0 Å². The van der Waals surface area contributed by atoms with Gasteiger partial charge in [0.25, 0.3) is 5.91 Å². The summed E-state index contributed by atoms with van der Waals surface area (Å²) >= 11 is 1.44. The summed E-state index contributed by atoms with van der Waals surface area (Å²) in [6, 6.07) is 7.34. The van der Waals surface area contributed by atoms with E-state index in [0.29, 0.717) is 43.2 Å². The summed E-state index contributed by atoms with van der Waals surface area (Å²) in [5.74, 6) is 0.00400. The molecule has 9 heteroatoms. The van der Waals surface area contributed by atoms with Crippen molar-refractivity contribution in [3.63, 3.8) is 0 Å². The van der Waals surface area contributed by atoms with E-state index in [0.717, 1.165) is 22.0 Å². The lowest BCUT2D eigenvalue weighted by Gasteiger charge is -2.34. The summed E-state index contributed by atoms with van der Waals surface area (Å²) in [6.07, 6.45) is -4.33. The molecule has 0 unspecified atom stereocenters. The summed E-state index contributed by atoms with van der Waals surface area (Å²) in [5, 5.41) is 5.36. The lowest BCUT2D eigenvalue weighted by Crippen LogP contribution is -2.48. The highest BCUT2D eigenvalue weighted by Crippen LogP contribution is 2.30. The van der Waals surface area contributed by atoms with Crippen LogP contribution in [-0.4, -0.2) is 51.7 Å². The first-order valence-electron chi connectivity index (χ1n) is 9.33. The Kier molecular flexibility index (Phi) is 5.12. The second-order valence-corrected chi connectivity index (χ2v) is 8.34. The Hall–Kier alpha value is -2.39. The SMILES string of the molecule is Cc1nn(C)c2sc(C(=O)N3CCN(Cc4cccc(C(F)(F)F)c4)CC3)cc12. The zero-order valence-corrected chi connectivity index (χ0v) is 17.0. The Morgan fingerprint density at radius 1 is 1.17 bits per heavy atom. The van der Waals surface area contributed by atoms with Crippen molar-refractivity contribution in [1.82, 2.24) is 19.6 Å². The Morgan fingerprint density at radius 3 is 2.55 bits per heavy atom. The predicted molar refractivity (Wildman–Crippen MR) is 106 cm³/mol. The Balaban J connectivity index is 1.39. The maximum Gasteiger partial charge on any atom is 0.416 e. The van der Waals surface area contributed by atoms with Crippen molar-refractivity contribution in [3.8, 4) is 0 Å². The predicted octanol–water partition coefficient (Wildman–Crippen LogP) is 3.92. The molecule has 0 spiro atoms. The lowest BCUT2D eigenvalue weighted by atomic mass is 10.1. The van der Waals surface area contributed by atoms with Gasteiger partial charge in [-0.3, -0.25) is 14.4 Å². The molecule has 0 bridgehead atoms. The van der Waals surface area contributed by atoms with Gasteiger partial charge in [0.15, 0.2) is 0 Å². The molecule has 0 atom stereocenters. The number of fused-ring (bicyclic) bond motifs is 1. The van der Waals surface area contributed by atoms with E-state index in [2.05, 4.69) is 10.00 Å². The van der Waals surface area contributed by atoms with Crippen LogP contribution in [-0.2, 0) is 19.8 Å². The van der Waals surface area contributed by atoms with Crippen molar-refractivity contribution in [2.24, 2.45) is 7.05 Å². The molecule has 3 aromatic rings. The molecule has 1 fully saturated rings. The van der Waals surface area contributed by atoms with E-state index in [1.54, 1.807) is 10.7 Å². The number of carbonyl (C=O) groups is 1. The first-order valence-corrected chi connectivity index (χ1v) is 10.1. The standard InChI is InChI=1S/C20H21F3N4OS/c1-13-16-11-17(29-19(16)25(2)24-13)18(28)27-8-6-26(7-9-27)12-14-4-3-5-15(10-14)20(21,22)23/h3-5,10-11H,6-9,12H2,1-2H3. The number of carbonyl (C=O) groups excluding carboxylic acids is 1. The van der Waals surface area contributed by atoms with Crippen molar-refractivity contribution in [1.29, 1.82) is 0 Å². The van der Waals surface area contributed by atoms with Gasteiger partial charge in [0.1, 0.15) is 4.83 Å². The maximum atomic E-state index is 12.9. The van der Waals surface area contributed by atoms with Crippen molar-refractivity contribution in [2.45, 2.75) is 19.6 Å². The van der Waals surface area contributed by atoms with Crippen LogP contribution in [0.3, 0.4) is 0 Å². The van der Waals surface area contributed by atoms with Gasteiger partial charge >= 0.3 is 6.18 Å². The van der Waals surface area contributed by atoms with Crippen LogP contribution in [0, 0.1) is 6.92 Å². The lowest BCUT2D eigenvalue weighted by molar-refractivity contribution is -0.137. The number of hydrogen-bond acceptors (Lipinski definition) is 4. The Labute approximate surface area is 170 Å². The Morgan fingerprint density at radius 2 is 1.90 bits per heavy atom. The molecule has 0 aliphatic carbocycles. The van der Waals surface area contributed by atoms with Crippen LogP contribution >= 0.6 is 11.3 Å². The Bertz CT molecular complexity index is 1010. The molecule has 2 aromatic heterocycles. The number of rotatable bonds is 3. The van der Waals surface area contributed by atoms with Gasteiger partial charge in [0.05, 0.1) is 16.1 Å². The summed E-state index contributed by atoms with van der Waals surface area (Å²) in [5.41, 5.74) is 0.911. The van der Waals surface area contributed by atoms with Crippen molar-refractivity contribution >= 4 is 27.5 Å². The summed E-state index contributed by atoms with van der Waals surface area (Å²) < 4.78 is 40.5. The van der Waals surface area contributed by atoms with Crippen molar-refractivity contribution < 1.29 is 18.0 Å². The van der Waals surface area contributed by atoms with E-state index in [1.165, 1.54) is 23.5 Å². The minimum absolute atomic E-state index is 0.00400. The van der Waals surface area contributed by atoms with Gasteiger partial charge < -0.3 is 4.90 Å². The number of benzene rings is 1. The van der Waals surface area contributed by atoms with Crippen LogP contribution in [0.15, 0.2) is 30.3 Å². The van der Waals surface area contributed by atoms with Crippen LogP contribution in [0.25, 0.3) is 10.2 Å². The number of aryl methyl sites for hydroxylation is 2. The van der Waals surface area contributed by atoms with Crippen molar-refractivity contribution in [3.05, 3.63) is 52.0 Å². The third-order valence-electron chi connectivity index (χ3n) is 5.23. The van der Waals surface area contributed by atoms with Crippen LogP contribution in [0.5, 0.6) is 0 Å². The van der Waals surface area contributed by atoms with Gasteiger partial charge in [-0.2, -0.15) is 18.3 Å². The average Bonchev–Trinajstić information content (AvgIpc) is 3.23. The van der Waals surface area contributed by atoms with Crippen LogP contribution in [0.1, 0.15) is 26.5 Å². The molecule has 0 N–H and O–H groups in total. The molecule has 3 heterocycles. The molecule has 1 aliphatic heterocycles. The number of amides is 1. The summed E-state index contributed by atoms with van der Waals surface area (Å²) in [4.78, 5) is 18.4. The average molecular weight is 422 g/mol. The van der Waals surface area contributed by atoms with Gasteiger partial charge in [-0.25, -0.2) is 0 Å². The summed E-state index contributed by atoms with van der Waals surface area (Å²) in [7, 11) is 1.87. The van der Waals surface area contributed by atoms with E-state index >= 15 is 0 Å². The zero-order valence-electron chi connectivity index (χ0n) is 16.2. The van der Waals surface area contributed by atoms with Crippen LogP contribution in [0.2, 0.25) is 0 Å². The highest BCUT2D eigenvalue weighted by atomic mass is 32.1.